The van der Waals surface area contributed by atoms with Crippen LogP contribution in [-0.4, -0.2) is 8.42 Å². The van der Waals surface area contributed by atoms with Gasteiger partial charge in [-0.2, -0.15) is 0 Å². The smallest absolute Gasteiger partial charge is 0.241 e. The lowest BCUT2D eigenvalue weighted by molar-refractivity contribution is 0.568. The molecule has 6 heteroatoms. The number of nitrogens with two attached hydrogens (primary N) is 1. The first-order valence-electron chi connectivity index (χ1n) is 6.29. The van der Waals surface area contributed by atoms with Crippen LogP contribution in [0.25, 0.3) is 0 Å². The highest BCUT2D eigenvalue weighted by atomic mass is 32.2. The van der Waals surface area contributed by atoms with E-state index in [0.717, 1.165) is 16.0 Å². The second-order valence-corrected chi connectivity index (χ2v) is 7.34. The van der Waals surface area contributed by atoms with Crippen molar-refractivity contribution in [2.45, 2.75) is 31.3 Å². The Labute approximate surface area is 123 Å². The molecule has 0 fully saturated rings. The summed E-state index contributed by atoms with van der Waals surface area (Å²) in [7, 11) is -3.53. The second-order valence-electron chi connectivity index (χ2n) is 4.65. The normalized spacial score (nSPS) is 13.3. The van der Waals surface area contributed by atoms with E-state index in [1.165, 1.54) is 11.3 Å². The molecule has 0 aliphatic heterocycles. The van der Waals surface area contributed by atoms with Crippen molar-refractivity contribution in [3.05, 3.63) is 51.7 Å². The first-order valence-corrected chi connectivity index (χ1v) is 8.65. The van der Waals surface area contributed by atoms with Crippen LogP contribution in [0.4, 0.5) is 0 Å². The Morgan fingerprint density at radius 3 is 2.70 bits per heavy atom. The maximum atomic E-state index is 12.4. The molecular formula is C14H18N2O2S2. The molecule has 3 N–H and O–H groups in total. The molecule has 1 aromatic carbocycles. The minimum Gasteiger partial charge on any atom is -0.326 e. The lowest BCUT2D eigenvalue weighted by atomic mass is 10.1. The van der Waals surface area contributed by atoms with E-state index in [4.69, 9.17) is 5.73 Å². The number of hydrogen-bond acceptors (Lipinski definition) is 4. The highest BCUT2D eigenvalue weighted by Gasteiger charge is 2.19. The zero-order valence-corrected chi connectivity index (χ0v) is 13.1. The molecule has 0 saturated carbocycles. The monoisotopic (exact) mass is 310 g/mol. The number of benzene rings is 1. The van der Waals surface area contributed by atoms with Crippen molar-refractivity contribution in [2.24, 2.45) is 5.73 Å². The first-order chi connectivity index (χ1) is 9.44. The Morgan fingerprint density at radius 2 is 2.10 bits per heavy atom. The molecule has 0 aliphatic rings. The van der Waals surface area contributed by atoms with Crippen molar-refractivity contribution in [2.75, 3.05) is 0 Å². The minimum atomic E-state index is -3.53. The van der Waals surface area contributed by atoms with E-state index in [2.05, 4.69) is 4.72 Å². The number of aryl methyl sites for hydroxylation is 1. The van der Waals surface area contributed by atoms with E-state index >= 15 is 0 Å². The Hall–Kier alpha value is -1.21. The number of nitrogens with one attached hydrogen (secondary N) is 1. The molecule has 1 aromatic heterocycles. The van der Waals surface area contributed by atoms with E-state index in [0.29, 0.717) is 6.54 Å². The van der Waals surface area contributed by atoms with Gasteiger partial charge in [0.1, 0.15) is 0 Å². The Kier molecular flexibility index (Phi) is 4.59. The Balaban J connectivity index is 2.26. The van der Waals surface area contributed by atoms with Crippen molar-refractivity contribution in [3.63, 3.8) is 0 Å². The second kappa shape index (κ2) is 6.05. The number of sulfonamides is 1. The summed E-state index contributed by atoms with van der Waals surface area (Å²) in [6, 6.07) is 8.60. The average Bonchev–Trinajstić information content (AvgIpc) is 2.92. The zero-order valence-electron chi connectivity index (χ0n) is 11.5. The molecule has 20 heavy (non-hydrogen) atoms. The Morgan fingerprint density at radius 1 is 1.35 bits per heavy atom. The third-order valence-corrected chi connectivity index (χ3v) is 5.75. The quantitative estimate of drug-likeness (QED) is 0.891. The molecule has 1 atom stereocenters. The molecule has 0 amide bonds. The summed E-state index contributed by atoms with van der Waals surface area (Å²) in [4.78, 5) is 1.24. The number of thiophene rings is 1. The molecular weight excluding hydrogens is 292 g/mol. The highest BCUT2D eigenvalue weighted by Crippen LogP contribution is 2.22. The van der Waals surface area contributed by atoms with Crippen molar-refractivity contribution in [3.8, 4) is 0 Å². The van der Waals surface area contributed by atoms with Crippen LogP contribution in [0, 0.1) is 6.92 Å². The maximum absolute atomic E-state index is 12.4. The van der Waals surface area contributed by atoms with E-state index in [9.17, 15) is 8.42 Å². The third kappa shape index (κ3) is 3.27. The van der Waals surface area contributed by atoms with Gasteiger partial charge in [-0.3, -0.25) is 0 Å². The predicted octanol–water partition coefficient (Wildman–Crippen LogP) is 2.55. The molecule has 0 aliphatic carbocycles. The van der Waals surface area contributed by atoms with E-state index in [-0.39, 0.29) is 10.9 Å². The van der Waals surface area contributed by atoms with E-state index < -0.39 is 10.0 Å². The molecule has 4 nitrogen and oxygen atoms in total. The van der Waals surface area contributed by atoms with Crippen molar-refractivity contribution in [1.82, 2.24) is 4.72 Å². The van der Waals surface area contributed by atoms with Crippen LogP contribution in [0.5, 0.6) is 0 Å². The molecule has 2 rings (SSSR count). The van der Waals surface area contributed by atoms with Gasteiger partial charge in [-0.25, -0.2) is 13.1 Å². The van der Waals surface area contributed by atoms with Gasteiger partial charge in [-0.15, -0.1) is 11.3 Å². The lowest BCUT2D eigenvalue weighted by Crippen LogP contribution is -2.26. The lowest BCUT2D eigenvalue weighted by Gasteiger charge is -2.14. The van der Waals surface area contributed by atoms with Crippen LogP contribution in [0.1, 0.15) is 29.0 Å². The Bertz CT molecular complexity index is 679. The van der Waals surface area contributed by atoms with Gasteiger partial charge in [0.15, 0.2) is 0 Å². The SMILES string of the molecule is Cc1ccc(S(=O)(=O)NC(C)c2cccs2)cc1CN. The summed E-state index contributed by atoms with van der Waals surface area (Å²) in [5, 5.41) is 1.93. The van der Waals surface area contributed by atoms with Crippen LogP contribution < -0.4 is 10.5 Å². The van der Waals surface area contributed by atoms with Crippen LogP contribution in [0.2, 0.25) is 0 Å². The third-order valence-electron chi connectivity index (χ3n) is 3.15. The van der Waals surface area contributed by atoms with Gasteiger partial charge in [0, 0.05) is 11.4 Å². The highest BCUT2D eigenvalue weighted by molar-refractivity contribution is 7.89. The standard InChI is InChI=1S/C14H18N2O2S2/c1-10-5-6-13(8-12(10)9-15)20(17,18)16-11(2)14-4-3-7-19-14/h3-8,11,16H,9,15H2,1-2H3. The fourth-order valence-electron chi connectivity index (χ4n) is 1.93. The topological polar surface area (TPSA) is 72.2 Å². The van der Waals surface area contributed by atoms with Gasteiger partial charge >= 0.3 is 0 Å². The van der Waals surface area contributed by atoms with Gasteiger partial charge in [-0.05, 0) is 48.6 Å². The number of rotatable bonds is 5. The largest absolute Gasteiger partial charge is 0.326 e. The molecule has 108 valence electrons. The van der Waals surface area contributed by atoms with Crippen LogP contribution in [0.15, 0.2) is 40.6 Å². The summed E-state index contributed by atoms with van der Waals surface area (Å²) in [5.74, 6) is 0. The van der Waals surface area contributed by atoms with Crippen LogP contribution >= 0.6 is 11.3 Å². The zero-order chi connectivity index (χ0) is 14.8. The van der Waals surface area contributed by atoms with Gasteiger partial charge in [0.2, 0.25) is 10.0 Å². The van der Waals surface area contributed by atoms with E-state index in [1.807, 2.05) is 31.4 Å². The summed E-state index contributed by atoms with van der Waals surface area (Å²) in [5.41, 5.74) is 7.47. The maximum Gasteiger partial charge on any atom is 0.241 e. The first kappa shape index (κ1) is 15.2. The van der Waals surface area contributed by atoms with Crippen molar-refractivity contribution < 1.29 is 8.42 Å². The molecule has 1 heterocycles. The van der Waals surface area contributed by atoms with Gasteiger partial charge in [0.25, 0.3) is 0 Å². The van der Waals surface area contributed by atoms with Gasteiger partial charge in [0.05, 0.1) is 10.9 Å². The molecule has 0 saturated heterocycles. The van der Waals surface area contributed by atoms with Crippen LogP contribution in [-0.2, 0) is 16.6 Å². The molecule has 0 spiro atoms. The molecule has 0 radical (unpaired) electrons. The molecule has 1 unspecified atom stereocenters. The molecule has 0 bridgehead atoms. The minimum absolute atomic E-state index is 0.248. The van der Waals surface area contributed by atoms with Crippen LogP contribution in [0.3, 0.4) is 0 Å². The average molecular weight is 310 g/mol. The van der Waals surface area contributed by atoms with Crippen molar-refractivity contribution in [1.29, 1.82) is 0 Å². The van der Waals surface area contributed by atoms with Gasteiger partial charge < -0.3 is 5.73 Å². The summed E-state index contributed by atoms with van der Waals surface area (Å²) >= 11 is 1.53. The molecule has 2 aromatic rings. The van der Waals surface area contributed by atoms with Crippen molar-refractivity contribution >= 4 is 21.4 Å². The van der Waals surface area contributed by atoms with Gasteiger partial charge in [-0.1, -0.05) is 12.1 Å². The summed E-state index contributed by atoms with van der Waals surface area (Å²) in [6.45, 7) is 4.08. The fraction of sp³-hybridized carbons (Fsp3) is 0.286. The fourth-order valence-corrected chi connectivity index (χ4v) is 4.01. The summed E-state index contributed by atoms with van der Waals surface area (Å²) in [6.07, 6.45) is 0. The number of hydrogen-bond donors (Lipinski definition) is 2. The summed E-state index contributed by atoms with van der Waals surface area (Å²) < 4.78 is 27.4. The predicted molar refractivity (Wildman–Crippen MR) is 82.1 cm³/mol. The van der Waals surface area contributed by atoms with E-state index in [1.54, 1.807) is 18.2 Å².